The van der Waals surface area contributed by atoms with Gasteiger partial charge in [0.05, 0.1) is 10.5 Å². The van der Waals surface area contributed by atoms with Crippen LogP contribution in [0.2, 0.25) is 5.02 Å². The zero-order valence-electron chi connectivity index (χ0n) is 14.6. The second-order valence-electron chi connectivity index (χ2n) is 6.10. The SMILES string of the molecule is CCCCCN1C(=O)C(Sc2ccccc2)=C(c2ccc(Cl)cc2)C1=O. The smallest absolute Gasteiger partial charge is 0.268 e. The first kappa shape index (κ1) is 18.7. The molecule has 0 saturated carbocycles. The van der Waals surface area contributed by atoms with E-state index in [0.717, 1.165) is 29.7 Å². The van der Waals surface area contributed by atoms with Gasteiger partial charge in [-0.2, -0.15) is 0 Å². The number of hydrogen-bond donors (Lipinski definition) is 0. The Balaban J connectivity index is 1.97. The van der Waals surface area contributed by atoms with Crippen molar-refractivity contribution in [2.45, 2.75) is 31.1 Å². The maximum absolute atomic E-state index is 13.0. The summed E-state index contributed by atoms with van der Waals surface area (Å²) in [5, 5.41) is 0.600. The van der Waals surface area contributed by atoms with Crippen molar-refractivity contribution in [2.24, 2.45) is 0 Å². The lowest BCUT2D eigenvalue weighted by atomic mass is 10.1. The molecular weight excluding hydrogens is 366 g/mol. The summed E-state index contributed by atoms with van der Waals surface area (Å²) in [5.41, 5.74) is 1.20. The molecule has 0 bridgehead atoms. The largest absolute Gasteiger partial charge is 0.274 e. The quantitative estimate of drug-likeness (QED) is 0.473. The third kappa shape index (κ3) is 4.02. The maximum atomic E-state index is 13.0. The number of imide groups is 1. The predicted octanol–water partition coefficient (Wildman–Crippen LogP) is 5.40. The second-order valence-corrected chi connectivity index (χ2v) is 7.62. The van der Waals surface area contributed by atoms with Crippen LogP contribution in [-0.2, 0) is 9.59 Å². The first-order valence-electron chi connectivity index (χ1n) is 8.71. The number of thioether (sulfide) groups is 1. The van der Waals surface area contributed by atoms with Crippen LogP contribution in [0.4, 0.5) is 0 Å². The van der Waals surface area contributed by atoms with Gasteiger partial charge in [-0.3, -0.25) is 14.5 Å². The Morgan fingerprint density at radius 1 is 0.923 bits per heavy atom. The van der Waals surface area contributed by atoms with Crippen molar-refractivity contribution in [2.75, 3.05) is 6.54 Å². The van der Waals surface area contributed by atoms with Crippen LogP contribution in [0.25, 0.3) is 5.57 Å². The van der Waals surface area contributed by atoms with Gasteiger partial charge in [0.15, 0.2) is 0 Å². The highest BCUT2D eigenvalue weighted by Crippen LogP contribution is 2.39. The summed E-state index contributed by atoms with van der Waals surface area (Å²) >= 11 is 7.33. The molecule has 0 unspecified atom stereocenters. The number of halogens is 1. The fourth-order valence-electron chi connectivity index (χ4n) is 2.85. The second kappa shape index (κ2) is 8.56. The number of hydrogen-bond acceptors (Lipinski definition) is 3. The van der Waals surface area contributed by atoms with E-state index in [1.165, 1.54) is 16.7 Å². The molecule has 0 radical (unpaired) electrons. The minimum Gasteiger partial charge on any atom is -0.274 e. The molecule has 3 rings (SSSR count). The number of carbonyl (C=O) groups is 2. The van der Waals surface area contributed by atoms with Crippen LogP contribution >= 0.6 is 23.4 Å². The van der Waals surface area contributed by atoms with Crippen molar-refractivity contribution in [1.29, 1.82) is 0 Å². The molecule has 26 heavy (non-hydrogen) atoms. The lowest BCUT2D eigenvalue weighted by Crippen LogP contribution is -2.32. The Labute approximate surface area is 163 Å². The summed E-state index contributed by atoms with van der Waals surface area (Å²) in [5.74, 6) is -0.420. The van der Waals surface area contributed by atoms with Gasteiger partial charge in [0.1, 0.15) is 0 Å². The number of rotatable bonds is 7. The average molecular weight is 386 g/mol. The van der Waals surface area contributed by atoms with E-state index in [1.54, 1.807) is 24.3 Å². The van der Waals surface area contributed by atoms with E-state index in [4.69, 9.17) is 11.6 Å². The molecule has 0 aliphatic carbocycles. The van der Waals surface area contributed by atoms with Crippen molar-refractivity contribution in [1.82, 2.24) is 4.90 Å². The highest BCUT2D eigenvalue weighted by molar-refractivity contribution is 8.04. The monoisotopic (exact) mass is 385 g/mol. The van der Waals surface area contributed by atoms with Crippen molar-refractivity contribution in [3.8, 4) is 0 Å². The van der Waals surface area contributed by atoms with Crippen molar-refractivity contribution < 1.29 is 9.59 Å². The summed E-state index contributed by atoms with van der Waals surface area (Å²) in [6.07, 6.45) is 2.86. The van der Waals surface area contributed by atoms with Gasteiger partial charge < -0.3 is 0 Å². The Hall–Kier alpha value is -2.04. The lowest BCUT2D eigenvalue weighted by molar-refractivity contribution is -0.136. The fourth-order valence-corrected chi connectivity index (χ4v) is 4.01. The van der Waals surface area contributed by atoms with Crippen molar-refractivity contribution in [3.63, 3.8) is 0 Å². The molecule has 0 spiro atoms. The number of carbonyl (C=O) groups excluding carboxylic acids is 2. The summed E-state index contributed by atoms with van der Waals surface area (Å²) in [6.45, 7) is 2.56. The molecule has 3 nitrogen and oxygen atoms in total. The lowest BCUT2D eigenvalue weighted by Gasteiger charge is -2.14. The highest BCUT2D eigenvalue weighted by atomic mass is 35.5. The van der Waals surface area contributed by atoms with Crippen LogP contribution in [0.3, 0.4) is 0 Å². The molecule has 0 fully saturated rings. The molecule has 2 amide bonds. The average Bonchev–Trinajstić information content (AvgIpc) is 2.88. The third-order valence-electron chi connectivity index (χ3n) is 4.21. The molecule has 5 heteroatoms. The van der Waals surface area contributed by atoms with Gasteiger partial charge in [-0.15, -0.1) is 0 Å². The Morgan fingerprint density at radius 2 is 1.62 bits per heavy atom. The highest BCUT2D eigenvalue weighted by Gasteiger charge is 2.38. The van der Waals surface area contributed by atoms with Crippen LogP contribution in [0.1, 0.15) is 31.7 Å². The molecule has 0 saturated heterocycles. The Bertz CT molecular complexity index is 831. The summed E-state index contributed by atoms with van der Waals surface area (Å²) in [6, 6.07) is 16.7. The van der Waals surface area contributed by atoms with E-state index in [1.807, 2.05) is 30.3 Å². The zero-order valence-corrected chi connectivity index (χ0v) is 16.1. The first-order chi connectivity index (χ1) is 12.6. The van der Waals surface area contributed by atoms with Gasteiger partial charge in [-0.05, 0) is 36.2 Å². The molecule has 2 aromatic rings. The molecule has 0 N–H and O–H groups in total. The summed E-state index contributed by atoms with van der Waals surface area (Å²) in [4.78, 5) is 28.8. The number of unbranched alkanes of at least 4 members (excludes halogenated alkanes) is 2. The van der Waals surface area contributed by atoms with Gasteiger partial charge in [0.2, 0.25) is 0 Å². The van der Waals surface area contributed by atoms with Crippen LogP contribution in [0.15, 0.2) is 64.4 Å². The topological polar surface area (TPSA) is 37.4 Å². The standard InChI is InChI=1S/C21H20ClNO2S/c1-2-3-7-14-23-20(24)18(15-10-12-16(22)13-11-15)19(21(23)25)26-17-8-5-4-6-9-17/h4-6,8-13H,2-3,7,14H2,1H3. The molecule has 1 heterocycles. The molecule has 0 aromatic heterocycles. The van der Waals surface area contributed by atoms with Crippen LogP contribution < -0.4 is 0 Å². The molecule has 0 atom stereocenters. The molecule has 2 aromatic carbocycles. The Morgan fingerprint density at radius 3 is 2.27 bits per heavy atom. The van der Waals surface area contributed by atoms with E-state index in [9.17, 15) is 9.59 Å². The number of nitrogens with zero attached hydrogens (tertiary/aromatic N) is 1. The van der Waals surface area contributed by atoms with E-state index >= 15 is 0 Å². The molecule has 1 aliphatic heterocycles. The van der Waals surface area contributed by atoms with E-state index < -0.39 is 0 Å². The summed E-state index contributed by atoms with van der Waals surface area (Å²) in [7, 11) is 0. The van der Waals surface area contributed by atoms with Gasteiger partial charge in [-0.25, -0.2) is 0 Å². The summed E-state index contributed by atoms with van der Waals surface area (Å²) < 4.78 is 0. The van der Waals surface area contributed by atoms with Gasteiger partial charge in [-0.1, -0.05) is 73.5 Å². The molecule has 134 valence electrons. The molecule has 1 aliphatic rings. The number of benzene rings is 2. The van der Waals surface area contributed by atoms with E-state index in [2.05, 4.69) is 6.92 Å². The molecular formula is C21H20ClNO2S. The van der Waals surface area contributed by atoms with Crippen LogP contribution in [-0.4, -0.2) is 23.3 Å². The van der Waals surface area contributed by atoms with E-state index in [-0.39, 0.29) is 11.8 Å². The van der Waals surface area contributed by atoms with Gasteiger partial charge in [0, 0.05) is 16.5 Å². The zero-order chi connectivity index (χ0) is 18.5. The first-order valence-corrected chi connectivity index (χ1v) is 9.90. The number of amides is 2. The Kier molecular flexibility index (Phi) is 6.17. The maximum Gasteiger partial charge on any atom is 0.268 e. The minimum atomic E-state index is -0.216. The van der Waals surface area contributed by atoms with Crippen LogP contribution in [0.5, 0.6) is 0 Å². The van der Waals surface area contributed by atoms with Crippen molar-refractivity contribution >= 4 is 40.8 Å². The van der Waals surface area contributed by atoms with Crippen molar-refractivity contribution in [3.05, 3.63) is 70.1 Å². The van der Waals surface area contributed by atoms with E-state index in [0.29, 0.717) is 22.0 Å². The van der Waals surface area contributed by atoms with Gasteiger partial charge in [0.25, 0.3) is 11.8 Å². The fraction of sp³-hybridized carbons (Fsp3) is 0.238. The minimum absolute atomic E-state index is 0.204. The predicted molar refractivity (Wildman–Crippen MR) is 107 cm³/mol. The van der Waals surface area contributed by atoms with Crippen LogP contribution in [0, 0.1) is 0 Å². The normalized spacial score (nSPS) is 14.5. The van der Waals surface area contributed by atoms with Gasteiger partial charge >= 0.3 is 0 Å². The third-order valence-corrected chi connectivity index (χ3v) is 5.55.